The Kier molecular flexibility index (Phi) is 31.7. The molecule has 0 amide bonds. The molecule has 0 aliphatic carbocycles. The summed E-state index contributed by atoms with van der Waals surface area (Å²) in [6, 6.07) is -0.625. The molecule has 0 aromatic heterocycles. The normalized spacial score (nSPS) is 13.8. The number of carboxylic acid groups (broad SMARTS) is 1. The van der Waals surface area contributed by atoms with E-state index in [0.29, 0.717) is 12.8 Å². The Balaban J connectivity index is 4.41. The van der Waals surface area contributed by atoms with E-state index in [1.54, 1.807) is 0 Å². The number of hydrogen-bond donors (Lipinski definition) is 1. The zero-order valence-electron chi connectivity index (χ0n) is 32.8. The van der Waals surface area contributed by atoms with E-state index in [-0.39, 0.29) is 49.1 Å². The lowest BCUT2D eigenvalue weighted by Crippen LogP contribution is -2.50. The van der Waals surface area contributed by atoms with Crippen LogP contribution in [0.3, 0.4) is 0 Å². The zero-order valence-corrected chi connectivity index (χ0v) is 32.8. The van der Waals surface area contributed by atoms with Crippen LogP contribution in [0.4, 0.5) is 0 Å². The molecule has 0 radical (unpaired) electrons. The van der Waals surface area contributed by atoms with E-state index in [0.717, 1.165) is 77.0 Å². The van der Waals surface area contributed by atoms with Crippen molar-refractivity contribution >= 4 is 17.9 Å². The van der Waals surface area contributed by atoms with Crippen LogP contribution < -0.4 is 0 Å². The van der Waals surface area contributed by atoms with Crippen molar-refractivity contribution in [1.82, 2.24) is 0 Å². The third-order valence-corrected chi connectivity index (χ3v) is 8.10. The lowest BCUT2D eigenvalue weighted by molar-refractivity contribution is -0.887. The molecule has 8 heteroatoms. The van der Waals surface area contributed by atoms with Gasteiger partial charge >= 0.3 is 17.9 Å². The second-order valence-corrected chi connectivity index (χ2v) is 13.8. The van der Waals surface area contributed by atoms with Gasteiger partial charge in [0.05, 0.1) is 34.4 Å². The molecule has 2 unspecified atom stereocenters. The van der Waals surface area contributed by atoms with Gasteiger partial charge in [0.25, 0.3) is 0 Å². The lowest BCUT2D eigenvalue weighted by atomic mass is 10.1. The molecule has 0 fully saturated rings. The van der Waals surface area contributed by atoms with Crippen LogP contribution in [-0.4, -0.2) is 80.6 Å². The van der Waals surface area contributed by atoms with Gasteiger partial charge in [0.1, 0.15) is 6.61 Å². The van der Waals surface area contributed by atoms with E-state index in [1.807, 2.05) is 27.2 Å². The molecule has 0 aromatic carbocycles. The smallest absolute Gasteiger partial charge is 0.362 e. The number of carbonyl (C=O) groups is 3. The predicted molar refractivity (Wildman–Crippen MR) is 210 cm³/mol. The van der Waals surface area contributed by atoms with E-state index in [2.05, 4.69) is 80.7 Å². The predicted octanol–water partition coefficient (Wildman–Crippen LogP) is 10.0. The first-order valence-corrected chi connectivity index (χ1v) is 19.5. The Labute approximate surface area is 311 Å². The quantitative estimate of drug-likeness (QED) is 0.0313. The van der Waals surface area contributed by atoms with Crippen molar-refractivity contribution in [2.75, 3.05) is 41.0 Å². The van der Waals surface area contributed by atoms with Crippen LogP contribution in [0.25, 0.3) is 0 Å². The zero-order chi connectivity index (χ0) is 37.8. The van der Waals surface area contributed by atoms with E-state index < -0.39 is 18.1 Å². The van der Waals surface area contributed by atoms with Gasteiger partial charge in [-0.1, -0.05) is 112 Å². The fourth-order valence-corrected chi connectivity index (χ4v) is 5.07. The Bertz CT molecular complexity index is 1060. The van der Waals surface area contributed by atoms with Crippen LogP contribution in [0.2, 0.25) is 0 Å². The van der Waals surface area contributed by atoms with Crippen molar-refractivity contribution in [3.05, 3.63) is 72.9 Å². The molecule has 1 N–H and O–H groups in total. The van der Waals surface area contributed by atoms with Gasteiger partial charge in [-0.05, 0) is 70.6 Å². The second kappa shape index (κ2) is 33.9. The van der Waals surface area contributed by atoms with Crippen LogP contribution in [0.15, 0.2) is 72.9 Å². The highest BCUT2D eigenvalue weighted by Crippen LogP contribution is 2.11. The summed E-state index contributed by atoms with van der Waals surface area (Å²) in [5.74, 6) is -1.58. The Morgan fingerprint density at radius 1 is 0.608 bits per heavy atom. The highest BCUT2D eigenvalue weighted by atomic mass is 16.6. The first kappa shape index (κ1) is 47.8. The maximum atomic E-state index is 12.6. The average molecular weight is 715 g/mol. The minimum atomic E-state index is -0.889. The monoisotopic (exact) mass is 715 g/mol. The van der Waals surface area contributed by atoms with Crippen LogP contribution in [0.1, 0.15) is 129 Å². The first-order chi connectivity index (χ1) is 24.6. The summed E-state index contributed by atoms with van der Waals surface area (Å²) < 4.78 is 17.1. The van der Waals surface area contributed by atoms with Crippen molar-refractivity contribution in [3.63, 3.8) is 0 Å². The molecule has 0 spiro atoms. The molecule has 0 aliphatic heterocycles. The molecule has 290 valence electrons. The van der Waals surface area contributed by atoms with Gasteiger partial charge in [-0.15, -0.1) is 0 Å². The van der Waals surface area contributed by atoms with Crippen LogP contribution in [0, 0.1) is 0 Å². The van der Waals surface area contributed by atoms with Crippen molar-refractivity contribution < 1.29 is 38.2 Å². The number of esters is 2. The van der Waals surface area contributed by atoms with E-state index in [9.17, 15) is 19.5 Å². The fourth-order valence-electron chi connectivity index (χ4n) is 5.07. The van der Waals surface area contributed by atoms with Gasteiger partial charge < -0.3 is 23.8 Å². The molecule has 0 heterocycles. The van der Waals surface area contributed by atoms with Gasteiger partial charge in [-0.2, -0.15) is 0 Å². The van der Waals surface area contributed by atoms with E-state index in [1.165, 1.54) is 12.8 Å². The standard InChI is InChI=1S/C43H71NO7/c1-6-8-10-12-14-15-16-17-18-19-20-21-22-23-24-25-26-28-30-32-34-42(46)51-39(37-49-36-35-40(43(47)48)44(3,4)5)38-50-41(45)33-31-29-27-13-11-9-7-2/h8,10,14-15,17-18,20-21,23-24,27,29,39-40H,6-7,9,11-13,16,19,22,25-26,28,30-38H2,1-5H3/p+1/b10-8+,15-14+,18-17+,21-20+,24-23+,29-27+. The summed E-state index contributed by atoms with van der Waals surface area (Å²) in [6.45, 7) is 4.45. The van der Waals surface area contributed by atoms with Crippen molar-refractivity contribution in [3.8, 4) is 0 Å². The summed E-state index contributed by atoms with van der Waals surface area (Å²) in [4.78, 5) is 36.6. The summed E-state index contributed by atoms with van der Waals surface area (Å²) in [5.41, 5.74) is 0. The molecule has 51 heavy (non-hydrogen) atoms. The molecule has 0 aliphatic rings. The number of ether oxygens (including phenoxy) is 3. The third-order valence-electron chi connectivity index (χ3n) is 8.10. The highest BCUT2D eigenvalue weighted by molar-refractivity contribution is 5.72. The topological polar surface area (TPSA) is 99.1 Å². The molecule has 0 saturated carbocycles. The number of carbonyl (C=O) groups excluding carboxylic acids is 2. The molecule has 8 nitrogen and oxygen atoms in total. The van der Waals surface area contributed by atoms with Gasteiger partial charge in [0, 0.05) is 19.3 Å². The Morgan fingerprint density at radius 2 is 1.14 bits per heavy atom. The van der Waals surface area contributed by atoms with Crippen LogP contribution >= 0.6 is 0 Å². The summed E-state index contributed by atoms with van der Waals surface area (Å²) in [5, 5.41) is 9.57. The van der Waals surface area contributed by atoms with Crippen molar-refractivity contribution in [2.45, 2.75) is 142 Å². The Hall–Kier alpha value is -3.23. The number of carboxylic acids is 1. The number of aliphatic carboxylic acids is 1. The van der Waals surface area contributed by atoms with E-state index >= 15 is 0 Å². The summed E-state index contributed by atoms with van der Waals surface area (Å²) in [6.07, 6.45) is 41.2. The minimum Gasteiger partial charge on any atom is -0.477 e. The number of nitrogens with zero attached hydrogens (tertiary/aromatic N) is 1. The number of hydrogen-bond acceptors (Lipinski definition) is 6. The molecule has 2 atom stereocenters. The van der Waals surface area contributed by atoms with Crippen molar-refractivity contribution in [1.29, 1.82) is 0 Å². The van der Waals surface area contributed by atoms with Gasteiger partial charge in [-0.3, -0.25) is 9.59 Å². The molecule has 0 rings (SSSR count). The van der Waals surface area contributed by atoms with Gasteiger partial charge in [0.15, 0.2) is 12.1 Å². The number of allylic oxidation sites excluding steroid dienone is 12. The molecule has 0 bridgehead atoms. The number of likely N-dealkylation sites (N-methyl/N-ethyl adjacent to an activating group) is 1. The molecule has 0 saturated heterocycles. The lowest BCUT2D eigenvalue weighted by Gasteiger charge is -2.31. The maximum absolute atomic E-state index is 12.6. The molecule has 0 aromatic rings. The average Bonchev–Trinajstić information content (AvgIpc) is 3.08. The second-order valence-electron chi connectivity index (χ2n) is 13.8. The summed E-state index contributed by atoms with van der Waals surface area (Å²) in [7, 11) is 5.48. The largest absolute Gasteiger partial charge is 0.477 e. The molecular formula is C43H72NO7+. The van der Waals surface area contributed by atoms with Gasteiger partial charge in [0.2, 0.25) is 0 Å². The Morgan fingerprint density at radius 3 is 1.71 bits per heavy atom. The van der Waals surface area contributed by atoms with Crippen molar-refractivity contribution in [2.24, 2.45) is 0 Å². The maximum Gasteiger partial charge on any atom is 0.362 e. The number of quaternary nitrogens is 1. The number of rotatable bonds is 33. The third kappa shape index (κ3) is 32.4. The highest BCUT2D eigenvalue weighted by Gasteiger charge is 2.31. The first-order valence-electron chi connectivity index (χ1n) is 19.5. The summed E-state index contributed by atoms with van der Waals surface area (Å²) >= 11 is 0. The van der Waals surface area contributed by atoms with Crippen LogP contribution in [0.5, 0.6) is 0 Å². The molecular weight excluding hydrogens is 642 g/mol. The fraction of sp³-hybridized carbons (Fsp3) is 0.651. The van der Waals surface area contributed by atoms with Gasteiger partial charge in [-0.25, -0.2) is 4.79 Å². The minimum absolute atomic E-state index is 0.0348. The van der Waals surface area contributed by atoms with E-state index in [4.69, 9.17) is 14.2 Å². The SMILES string of the molecule is CC/C=C/C/C=C/C/C=C/C/C=C/C/C=C/CCCCCCC(=O)OC(COCCC(C(=O)O)[N+](C)(C)C)COC(=O)CC/C=C/CCCCC. The van der Waals surface area contributed by atoms with Crippen LogP contribution in [-0.2, 0) is 28.6 Å². The number of unbranched alkanes of at least 4 members (excludes halogenated alkanes) is 7.